The monoisotopic (exact) mass is 368 g/mol. The molecule has 0 aliphatic rings. The summed E-state index contributed by atoms with van der Waals surface area (Å²) in [5.74, 6) is -0.223. The van der Waals surface area contributed by atoms with Crippen molar-refractivity contribution in [2.24, 2.45) is 0 Å². The van der Waals surface area contributed by atoms with Crippen LogP contribution in [0.25, 0.3) is 33.9 Å². The maximum absolute atomic E-state index is 11.1. The quantitative estimate of drug-likeness (QED) is 0.484. The number of nitrogens with one attached hydrogen (secondary N) is 1. The summed E-state index contributed by atoms with van der Waals surface area (Å²) in [5.41, 5.74) is 7.44. The van der Waals surface area contributed by atoms with E-state index < -0.39 is 5.97 Å². The van der Waals surface area contributed by atoms with Gasteiger partial charge in [0.25, 0.3) is 0 Å². The number of aromatic amines is 1. The molecule has 4 nitrogen and oxygen atoms in total. The molecular weight excluding hydrogens is 348 g/mol. The third kappa shape index (κ3) is 3.32. The van der Waals surface area contributed by atoms with Crippen LogP contribution >= 0.6 is 0 Å². The number of imidazole rings is 1. The average Bonchev–Trinajstić information content (AvgIpc) is 3.16. The zero-order chi connectivity index (χ0) is 19.7. The minimum absolute atomic E-state index is 0.258. The van der Waals surface area contributed by atoms with Gasteiger partial charge in [0.1, 0.15) is 5.82 Å². The van der Waals surface area contributed by atoms with Crippen LogP contribution in [0.1, 0.15) is 21.5 Å². The molecule has 1 heterocycles. The van der Waals surface area contributed by atoms with E-state index >= 15 is 0 Å². The number of aryl methyl sites for hydroxylation is 2. The van der Waals surface area contributed by atoms with E-state index in [-0.39, 0.29) is 5.56 Å². The first-order valence-corrected chi connectivity index (χ1v) is 9.10. The number of aromatic carboxylic acids is 1. The molecule has 0 spiro atoms. The Morgan fingerprint density at radius 3 is 2.29 bits per heavy atom. The van der Waals surface area contributed by atoms with Crippen LogP contribution in [0.4, 0.5) is 0 Å². The molecule has 4 rings (SSSR count). The second-order valence-electron chi connectivity index (χ2n) is 6.88. The molecule has 0 aliphatic heterocycles. The lowest BCUT2D eigenvalue weighted by Crippen LogP contribution is -1.95. The van der Waals surface area contributed by atoms with Gasteiger partial charge in [-0.2, -0.15) is 0 Å². The van der Waals surface area contributed by atoms with Crippen molar-refractivity contribution < 1.29 is 9.90 Å². The number of benzene rings is 3. The van der Waals surface area contributed by atoms with Crippen molar-refractivity contribution in [2.75, 3.05) is 0 Å². The maximum atomic E-state index is 11.1. The number of H-pyrrole nitrogens is 1. The first-order valence-electron chi connectivity index (χ1n) is 9.10. The van der Waals surface area contributed by atoms with Gasteiger partial charge < -0.3 is 10.1 Å². The summed E-state index contributed by atoms with van der Waals surface area (Å²) >= 11 is 0. The highest BCUT2D eigenvalue weighted by atomic mass is 16.4. The van der Waals surface area contributed by atoms with Crippen molar-refractivity contribution in [3.8, 4) is 33.9 Å². The van der Waals surface area contributed by atoms with Gasteiger partial charge in [0.15, 0.2) is 0 Å². The van der Waals surface area contributed by atoms with Gasteiger partial charge in [-0.25, -0.2) is 9.78 Å². The highest BCUT2D eigenvalue weighted by molar-refractivity contribution is 5.88. The normalized spacial score (nSPS) is 10.8. The van der Waals surface area contributed by atoms with Crippen molar-refractivity contribution >= 4 is 5.97 Å². The summed E-state index contributed by atoms with van der Waals surface area (Å²) in [4.78, 5) is 19.5. The lowest BCUT2D eigenvalue weighted by Gasteiger charge is -2.08. The Morgan fingerprint density at radius 2 is 1.61 bits per heavy atom. The molecule has 0 fully saturated rings. The van der Waals surface area contributed by atoms with Crippen LogP contribution in [0.3, 0.4) is 0 Å². The maximum Gasteiger partial charge on any atom is 0.335 e. The Labute approximate surface area is 163 Å². The van der Waals surface area contributed by atoms with Gasteiger partial charge in [0, 0.05) is 16.7 Å². The fourth-order valence-electron chi connectivity index (χ4n) is 3.29. The van der Waals surface area contributed by atoms with E-state index in [4.69, 9.17) is 10.1 Å². The van der Waals surface area contributed by atoms with Crippen LogP contribution in [-0.4, -0.2) is 21.0 Å². The van der Waals surface area contributed by atoms with Crippen LogP contribution in [-0.2, 0) is 0 Å². The number of carboxylic acids is 1. The van der Waals surface area contributed by atoms with Gasteiger partial charge in [-0.1, -0.05) is 60.2 Å². The number of carboxylic acid groups (broad SMARTS) is 1. The van der Waals surface area contributed by atoms with Gasteiger partial charge in [-0.3, -0.25) is 0 Å². The summed E-state index contributed by atoms with van der Waals surface area (Å²) < 4.78 is 0. The molecular formula is C24H20N2O2. The summed E-state index contributed by atoms with van der Waals surface area (Å²) in [6.07, 6.45) is 0. The van der Waals surface area contributed by atoms with Crippen molar-refractivity contribution in [1.29, 1.82) is 0 Å². The molecule has 0 bridgehead atoms. The van der Waals surface area contributed by atoms with Crippen LogP contribution in [0.15, 0.2) is 72.8 Å². The van der Waals surface area contributed by atoms with Crippen molar-refractivity contribution in [2.45, 2.75) is 13.8 Å². The Morgan fingerprint density at radius 1 is 0.893 bits per heavy atom. The average molecular weight is 368 g/mol. The van der Waals surface area contributed by atoms with Crippen molar-refractivity contribution in [3.63, 3.8) is 0 Å². The first kappa shape index (κ1) is 17.7. The van der Waals surface area contributed by atoms with E-state index in [9.17, 15) is 4.79 Å². The summed E-state index contributed by atoms with van der Waals surface area (Å²) in [7, 11) is 0. The van der Waals surface area contributed by atoms with E-state index in [1.165, 1.54) is 11.1 Å². The molecule has 0 atom stereocenters. The summed E-state index contributed by atoms with van der Waals surface area (Å²) in [6.45, 7) is 4.17. The molecule has 138 valence electrons. The molecule has 4 aromatic rings. The SMILES string of the molecule is Cc1ccc(C)c(-c2[nH]c(-c3ccc(C(=O)O)cc3)nc2-c2ccccc2)c1. The Kier molecular flexibility index (Phi) is 4.53. The minimum atomic E-state index is -0.938. The Bertz CT molecular complexity index is 1140. The third-order valence-electron chi connectivity index (χ3n) is 4.82. The molecule has 0 amide bonds. The fraction of sp³-hybridized carbons (Fsp3) is 0.0833. The van der Waals surface area contributed by atoms with Gasteiger partial charge >= 0.3 is 5.97 Å². The predicted octanol–water partition coefficient (Wildman–Crippen LogP) is 5.73. The smallest absolute Gasteiger partial charge is 0.335 e. The number of nitrogens with zero attached hydrogens (tertiary/aromatic N) is 1. The van der Waals surface area contributed by atoms with E-state index in [0.717, 1.165) is 28.1 Å². The number of rotatable bonds is 4. The van der Waals surface area contributed by atoms with Crippen LogP contribution in [0, 0.1) is 13.8 Å². The van der Waals surface area contributed by atoms with E-state index in [0.29, 0.717) is 5.82 Å². The molecule has 1 aromatic heterocycles. The Hall–Kier alpha value is -3.66. The molecule has 3 aromatic carbocycles. The second-order valence-corrected chi connectivity index (χ2v) is 6.88. The lowest BCUT2D eigenvalue weighted by molar-refractivity contribution is 0.0697. The van der Waals surface area contributed by atoms with Gasteiger partial charge in [-0.05, 0) is 37.6 Å². The summed E-state index contributed by atoms with van der Waals surface area (Å²) in [6, 6.07) is 23.2. The van der Waals surface area contributed by atoms with Crippen molar-refractivity contribution in [1.82, 2.24) is 9.97 Å². The summed E-state index contributed by atoms with van der Waals surface area (Å²) in [5, 5.41) is 9.12. The molecule has 0 aliphatic carbocycles. The van der Waals surface area contributed by atoms with Gasteiger partial charge in [-0.15, -0.1) is 0 Å². The van der Waals surface area contributed by atoms with E-state index in [2.05, 4.69) is 37.0 Å². The van der Waals surface area contributed by atoms with E-state index in [1.54, 1.807) is 24.3 Å². The van der Waals surface area contributed by atoms with Crippen molar-refractivity contribution in [3.05, 3.63) is 89.5 Å². The number of hydrogen-bond acceptors (Lipinski definition) is 2. The highest BCUT2D eigenvalue weighted by Crippen LogP contribution is 2.35. The largest absolute Gasteiger partial charge is 0.478 e. The third-order valence-corrected chi connectivity index (χ3v) is 4.82. The van der Waals surface area contributed by atoms with E-state index in [1.807, 2.05) is 30.3 Å². The first-order chi connectivity index (χ1) is 13.5. The predicted molar refractivity (Wildman–Crippen MR) is 111 cm³/mol. The molecule has 0 radical (unpaired) electrons. The van der Waals surface area contributed by atoms with Crippen LogP contribution in [0.2, 0.25) is 0 Å². The molecule has 4 heteroatoms. The zero-order valence-electron chi connectivity index (χ0n) is 15.7. The fourth-order valence-corrected chi connectivity index (χ4v) is 3.29. The van der Waals surface area contributed by atoms with Gasteiger partial charge in [0.2, 0.25) is 0 Å². The standard InChI is InChI=1S/C24H20N2O2/c1-15-8-9-16(2)20(14-15)22-21(17-6-4-3-5-7-17)25-23(26-22)18-10-12-19(13-11-18)24(27)28/h3-14H,1-2H3,(H,25,26)(H,27,28). The Balaban J connectivity index is 1.89. The number of carbonyl (C=O) groups is 1. The highest BCUT2D eigenvalue weighted by Gasteiger charge is 2.17. The molecule has 0 saturated heterocycles. The molecule has 0 saturated carbocycles. The minimum Gasteiger partial charge on any atom is -0.478 e. The van der Waals surface area contributed by atoms with Crippen LogP contribution in [0.5, 0.6) is 0 Å². The lowest BCUT2D eigenvalue weighted by atomic mass is 9.99. The number of hydrogen-bond donors (Lipinski definition) is 2. The van der Waals surface area contributed by atoms with Crippen LogP contribution < -0.4 is 0 Å². The zero-order valence-corrected chi connectivity index (χ0v) is 15.7. The molecule has 28 heavy (non-hydrogen) atoms. The second kappa shape index (κ2) is 7.16. The topological polar surface area (TPSA) is 66.0 Å². The molecule has 0 unspecified atom stereocenters. The molecule has 2 N–H and O–H groups in total. The number of aromatic nitrogens is 2. The van der Waals surface area contributed by atoms with Gasteiger partial charge in [0.05, 0.1) is 17.0 Å².